The summed E-state index contributed by atoms with van der Waals surface area (Å²) in [6.07, 6.45) is 4.02. The van der Waals surface area contributed by atoms with E-state index in [9.17, 15) is 9.90 Å². The average Bonchev–Trinajstić information content (AvgIpc) is 3.02. The fourth-order valence-corrected chi connectivity index (χ4v) is 4.94. The number of aromatic nitrogens is 2. The molecule has 164 valence electrons. The summed E-state index contributed by atoms with van der Waals surface area (Å²) in [7, 11) is 1.95. The first-order valence-corrected chi connectivity index (χ1v) is 11.2. The molecular formula is C26H33N3O2. The quantitative estimate of drug-likeness (QED) is 0.635. The highest BCUT2D eigenvalue weighted by Crippen LogP contribution is 2.35. The first-order chi connectivity index (χ1) is 15.0. The van der Waals surface area contributed by atoms with Crippen molar-refractivity contribution in [1.82, 2.24) is 14.3 Å². The molecule has 0 aliphatic carbocycles. The van der Waals surface area contributed by atoms with E-state index < -0.39 is 0 Å². The monoisotopic (exact) mass is 419 g/mol. The molecule has 0 spiro atoms. The molecule has 0 amide bonds. The maximum atomic E-state index is 13.3. The Balaban J connectivity index is 1.52. The normalized spacial score (nSPS) is 19.6. The van der Waals surface area contributed by atoms with E-state index in [1.807, 2.05) is 55.1 Å². The van der Waals surface area contributed by atoms with Gasteiger partial charge in [-0.1, -0.05) is 48.5 Å². The largest absolute Gasteiger partial charge is 0.396 e. The number of likely N-dealkylation sites (tertiary alicyclic amines) is 1. The fraction of sp³-hybridized carbons (Fsp3) is 0.423. The third kappa shape index (κ3) is 4.53. The van der Waals surface area contributed by atoms with Crippen LogP contribution in [0.1, 0.15) is 36.1 Å². The van der Waals surface area contributed by atoms with E-state index in [0.29, 0.717) is 6.54 Å². The third-order valence-corrected chi connectivity index (χ3v) is 6.92. The second-order valence-electron chi connectivity index (χ2n) is 9.00. The molecule has 5 nitrogen and oxygen atoms in total. The van der Waals surface area contributed by atoms with Crippen LogP contribution in [0, 0.1) is 12.3 Å². The molecule has 1 atom stereocenters. The van der Waals surface area contributed by atoms with Gasteiger partial charge in [-0.2, -0.15) is 0 Å². The van der Waals surface area contributed by atoms with Crippen molar-refractivity contribution in [2.24, 2.45) is 12.5 Å². The second kappa shape index (κ2) is 9.25. The van der Waals surface area contributed by atoms with Crippen LogP contribution in [0.5, 0.6) is 0 Å². The van der Waals surface area contributed by atoms with E-state index in [2.05, 4.69) is 29.2 Å². The van der Waals surface area contributed by atoms with Crippen molar-refractivity contribution < 1.29 is 5.11 Å². The van der Waals surface area contributed by atoms with Crippen LogP contribution in [-0.2, 0) is 20.0 Å². The molecule has 31 heavy (non-hydrogen) atoms. The predicted octanol–water partition coefficient (Wildman–Crippen LogP) is 3.69. The molecule has 1 aliphatic rings. The Kier molecular flexibility index (Phi) is 6.44. The molecule has 1 saturated heterocycles. The Labute approximate surface area is 184 Å². The lowest BCUT2D eigenvalue weighted by atomic mass is 9.76. The van der Waals surface area contributed by atoms with Crippen LogP contribution >= 0.6 is 0 Å². The predicted molar refractivity (Wildman–Crippen MR) is 125 cm³/mol. The van der Waals surface area contributed by atoms with Crippen molar-refractivity contribution in [3.05, 3.63) is 87.8 Å². The zero-order chi connectivity index (χ0) is 21.8. The van der Waals surface area contributed by atoms with Gasteiger partial charge in [0, 0.05) is 37.9 Å². The maximum absolute atomic E-state index is 13.3. The SMILES string of the molecule is Cc1c(CN2CCC[C@@](CO)(CCc3ccccc3)C2)c(=O)n(-c2ccccc2)n1C. The molecule has 1 aliphatic heterocycles. The number of aliphatic hydroxyl groups excluding tert-OH is 1. The number of piperidine rings is 1. The van der Waals surface area contributed by atoms with Gasteiger partial charge in [0.25, 0.3) is 5.56 Å². The lowest BCUT2D eigenvalue weighted by Gasteiger charge is -2.42. The topological polar surface area (TPSA) is 50.4 Å². The van der Waals surface area contributed by atoms with Crippen LogP contribution < -0.4 is 5.56 Å². The van der Waals surface area contributed by atoms with Gasteiger partial charge < -0.3 is 5.11 Å². The summed E-state index contributed by atoms with van der Waals surface area (Å²) in [5.74, 6) is 0. The molecule has 2 heterocycles. The number of aryl methyl sites for hydroxylation is 1. The molecule has 4 rings (SSSR count). The van der Waals surface area contributed by atoms with Crippen molar-refractivity contribution in [3.8, 4) is 5.69 Å². The number of aliphatic hydroxyl groups is 1. The standard InChI is InChI=1S/C26H33N3O2/c1-21-24(25(31)29(27(21)2)23-12-7-4-8-13-23)18-28-17-9-15-26(19-28,20-30)16-14-22-10-5-3-6-11-22/h3-8,10-13,30H,9,14-20H2,1-2H3/t26-/m1/s1. The molecule has 0 unspecified atom stereocenters. The molecule has 0 saturated carbocycles. The smallest absolute Gasteiger partial charge is 0.276 e. The van der Waals surface area contributed by atoms with E-state index >= 15 is 0 Å². The highest BCUT2D eigenvalue weighted by molar-refractivity contribution is 5.33. The van der Waals surface area contributed by atoms with Crippen molar-refractivity contribution >= 4 is 0 Å². The average molecular weight is 420 g/mol. The van der Waals surface area contributed by atoms with Crippen LogP contribution in [0.25, 0.3) is 5.69 Å². The summed E-state index contributed by atoms with van der Waals surface area (Å²) in [5, 5.41) is 10.3. The molecule has 1 aromatic heterocycles. The number of hydrogen-bond donors (Lipinski definition) is 1. The van der Waals surface area contributed by atoms with Gasteiger partial charge in [-0.3, -0.25) is 14.4 Å². The molecular weight excluding hydrogens is 386 g/mol. The van der Waals surface area contributed by atoms with Crippen molar-refractivity contribution in [1.29, 1.82) is 0 Å². The minimum absolute atomic E-state index is 0.0515. The first-order valence-electron chi connectivity index (χ1n) is 11.2. The van der Waals surface area contributed by atoms with Gasteiger partial charge in [-0.05, 0) is 56.8 Å². The number of rotatable bonds is 7. The van der Waals surface area contributed by atoms with Gasteiger partial charge >= 0.3 is 0 Å². The zero-order valence-electron chi connectivity index (χ0n) is 18.6. The minimum Gasteiger partial charge on any atom is -0.396 e. The molecule has 5 heteroatoms. The van der Waals surface area contributed by atoms with Gasteiger partial charge in [0.05, 0.1) is 11.3 Å². The van der Waals surface area contributed by atoms with E-state index in [0.717, 1.165) is 55.7 Å². The molecule has 0 bridgehead atoms. The van der Waals surface area contributed by atoms with Crippen LogP contribution in [0.15, 0.2) is 65.5 Å². The van der Waals surface area contributed by atoms with E-state index in [1.165, 1.54) is 5.56 Å². The molecule has 2 aromatic carbocycles. The first kappa shape index (κ1) is 21.6. The van der Waals surface area contributed by atoms with Gasteiger partial charge in [0.15, 0.2) is 0 Å². The summed E-state index contributed by atoms with van der Waals surface area (Å²) in [6, 6.07) is 20.3. The second-order valence-corrected chi connectivity index (χ2v) is 9.00. The summed E-state index contributed by atoms with van der Waals surface area (Å²) in [6.45, 7) is 4.64. The minimum atomic E-state index is -0.102. The molecule has 0 radical (unpaired) electrons. The zero-order valence-corrected chi connectivity index (χ0v) is 18.6. The Morgan fingerprint density at radius 3 is 2.39 bits per heavy atom. The maximum Gasteiger partial charge on any atom is 0.276 e. The van der Waals surface area contributed by atoms with Gasteiger partial charge in [0.2, 0.25) is 0 Å². The highest BCUT2D eigenvalue weighted by atomic mass is 16.3. The summed E-state index contributed by atoms with van der Waals surface area (Å²) in [4.78, 5) is 15.7. The molecule has 1 fully saturated rings. The van der Waals surface area contributed by atoms with Crippen molar-refractivity contribution in [2.45, 2.75) is 39.2 Å². The summed E-state index contributed by atoms with van der Waals surface area (Å²) >= 11 is 0. The lowest BCUT2D eigenvalue weighted by molar-refractivity contribution is 0.0222. The molecule has 3 aromatic rings. The third-order valence-electron chi connectivity index (χ3n) is 6.92. The van der Waals surface area contributed by atoms with Crippen LogP contribution in [0.4, 0.5) is 0 Å². The lowest BCUT2D eigenvalue weighted by Crippen LogP contribution is -2.45. The fourth-order valence-electron chi connectivity index (χ4n) is 4.94. The van der Waals surface area contributed by atoms with Crippen LogP contribution in [-0.4, -0.2) is 39.1 Å². The van der Waals surface area contributed by atoms with E-state index in [1.54, 1.807) is 4.68 Å². The van der Waals surface area contributed by atoms with E-state index in [4.69, 9.17) is 0 Å². The van der Waals surface area contributed by atoms with Gasteiger partial charge in [0.1, 0.15) is 0 Å². The Morgan fingerprint density at radius 2 is 1.71 bits per heavy atom. The number of benzene rings is 2. The van der Waals surface area contributed by atoms with E-state index in [-0.39, 0.29) is 17.6 Å². The Bertz CT molecular complexity index is 1060. The van der Waals surface area contributed by atoms with Crippen molar-refractivity contribution in [2.75, 3.05) is 19.7 Å². The Hall–Kier alpha value is -2.63. The number of para-hydroxylation sites is 1. The number of nitrogens with zero attached hydrogens (tertiary/aromatic N) is 3. The molecule has 1 N–H and O–H groups in total. The summed E-state index contributed by atoms with van der Waals surface area (Å²) < 4.78 is 3.70. The van der Waals surface area contributed by atoms with Gasteiger partial charge in [-0.15, -0.1) is 0 Å². The number of hydrogen-bond acceptors (Lipinski definition) is 3. The highest BCUT2D eigenvalue weighted by Gasteiger charge is 2.35. The summed E-state index contributed by atoms with van der Waals surface area (Å²) in [5.41, 5.74) is 4.00. The van der Waals surface area contributed by atoms with Crippen LogP contribution in [0.2, 0.25) is 0 Å². The van der Waals surface area contributed by atoms with Crippen LogP contribution in [0.3, 0.4) is 0 Å². The Morgan fingerprint density at radius 1 is 1.03 bits per heavy atom. The van der Waals surface area contributed by atoms with Crippen molar-refractivity contribution in [3.63, 3.8) is 0 Å². The van der Waals surface area contributed by atoms with Gasteiger partial charge in [-0.25, -0.2) is 4.68 Å².